The zero-order chi connectivity index (χ0) is 29.2. The van der Waals surface area contributed by atoms with Gasteiger partial charge in [-0.3, -0.25) is 19.8 Å². The first-order valence-electron chi connectivity index (χ1n) is 12.4. The van der Waals surface area contributed by atoms with Gasteiger partial charge in [0.25, 0.3) is 5.69 Å². The number of anilines is 1. The molecule has 2 heterocycles. The minimum atomic E-state index is -0.677. The van der Waals surface area contributed by atoms with Crippen LogP contribution >= 0.6 is 23.1 Å². The number of carbonyl (C=O) groups excluding carboxylic acids is 1. The number of phenols is 2. The van der Waals surface area contributed by atoms with Crippen molar-refractivity contribution >= 4 is 72.8 Å². The predicted octanol–water partition coefficient (Wildman–Crippen LogP) is 8.23. The molecule has 6 rings (SSSR count). The predicted molar refractivity (Wildman–Crippen MR) is 160 cm³/mol. The number of amides is 1. The van der Waals surface area contributed by atoms with E-state index in [4.69, 9.17) is 0 Å². The van der Waals surface area contributed by atoms with Crippen molar-refractivity contribution in [3.63, 3.8) is 0 Å². The smallest absolute Gasteiger partial charge is 0.271 e. The topological polar surface area (TPSA) is 166 Å². The van der Waals surface area contributed by atoms with Gasteiger partial charge in [0.1, 0.15) is 22.6 Å². The Balaban J connectivity index is 1.33. The largest absolute Gasteiger partial charge is 0.508 e. The molecular formula is C28H19N7O5S2. The number of carbonyl (C=O) groups is 1. The molecule has 1 aliphatic rings. The lowest BCUT2D eigenvalue weighted by molar-refractivity contribution is -0.384. The Labute approximate surface area is 245 Å². The van der Waals surface area contributed by atoms with Gasteiger partial charge in [-0.05, 0) is 48.5 Å². The van der Waals surface area contributed by atoms with Crippen molar-refractivity contribution < 1.29 is 19.9 Å². The van der Waals surface area contributed by atoms with Gasteiger partial charge in [0.2, 0.25) is 11.0 Å². The molecule has 12 nitrogen and oxygen atoms in total. The number of non-ortho nitro benzene ring substituents is 1. The van der Waals surface area contributed by atoms with Crippen LogP contribution in [0.5, 0.6) is 11.5 Å². The quantitative estimate of drug-likeness (QED) is 0.108. The van der Waals surface area contributed by atoms with Crippen LogP contribution in [0.2, 0.25) is 0 Å². The van der Waals surface area contributed by atoms with Crippen molar-refractivity contribution in [3.8, 4) is 11.5 Å². The number of thiazole rings is 1. The SMILES string of the molecule is O=C1CSC(c2cc(N=Nc3nc4ccccc4s3)ccc2O)N1c1cc(O)ccc1N=Nc1cccc([N+](=O)[O-])c1. The van der Waals surface area contributed by atoms with Crippen molar-refractivity contribution in [1.82, 2.24) is 4.98 Å². The second-order valence-electron chi connectivity index (χ2n) is 8.98. The van der Waals surface area contributed by atoms with Crippen LogP contribution in [0.4, 0.5) is 33.6 Å². The molecule has 0 aliphatic carbocycles. The summed E-state index contributed by atoms with van der Waals surface area (Å²) in [4.78, 5) is 29.6. The molecule has 42 heavy (non-hydrogen) atoms. The molecular weight excluding hydrogens is 578 g/mol. The number of thioether (sulfide) groups is 1. The van der Waals surface area contributed by atoms with E-state index in [1.165, 1.54) is 70.5 Å². The van der Waals surface area contributed by atoms with E-state index in [2.05, 4.69) is 25.4 Å². The van der Waals surface area contributed by atoms with Gasteiger partial charge >= 0.3 is 0 Å². The number of hydrogen-bond acceptors (Lipinski definition) is 12. The van der Waals surface area contributed by atoms with Gasteiger partial charge in [-0.15, -0.1) is 27.1 Å². The van der Waals surface area contributed by atoms with Crippen LogP contribution in [0, 0.1) is 10.1 Å². The van der Waals surface area contributed by atoms with Crippen molar-refractivity contribution in [2.45, 2.75) is 5.37 Å². The van der Waals surface area contributed by atoms with E-state index in [1.54, 1.807) is 18.2 Å². The van der Waals surface area contributed by atoms with E-state index in [0.29, 0.717) is 16.4 Å². The molecule has 1 aliphatic heterocycles. The fourth-order valence-electron chi connectivity index (χ4n) is 4.29. The highest BCUT2D eigenvalue weighted by atomic mass is 32.2. The molecule has 1 amide bonds. The van der Waals surface area contributed by atoms with E-state index in [9.17, 15) is 25.1 Å². The first kappa shape index (κ1) is 27.0. The fourth-order valence-corrected chi connectivity index (χ4v) is 6.26. The van der Waals surface area contributed by atoms with Crippen molar-refractivity contribution in [1.29, 1.82) is 0 Å². The third-order valence-corrected chi connectivity index (χ3v) is 8.33. The van der Waals surface area contributed by atoms with Gasteiger partial charge in [0.05, 0.1) is 38.0 Å². The van der Waals surface area contributed by atoms with Crippen LogP contribution in [-0.4, -0.2) is 31.8 Å². The Bertz CT molecular complexity index is 1880. The number of aromatic nitrogens is 1. The molecule has 2 N–H and O–H groups in total. The Morgan fingerprint density at radius 3 is 2.55 bits per heavy atom. The number of phenolic OH excluding ortho intramolecular Hbond substituents is 2. The van der Waals surface area contributed by atoms with Gasteiger partial charge in [0.15, 0.2) is 0 Å². The molecule has 208 valence electrons. The molecule has 0 radical (unpaired) electrons. The van der Waals surface area contributed by atoms with Crippen LogP contribution < -0.4 is 4.90 Å². The summed E-state index contributed by atoms with van der Waals surface area (Å²) in [5.41, 5.74) is 2.28. The van der Waals surface area contributed by atoms with Crippen LogP contribution in [0.1, 0.15) is 10.9 Å². The molecule has 0 spiro atoms. The van der Waals surface area contributed by atoms with E-state index >= 15 is 0 Å². The van der Waals surface area contributed by atoms with E-state index < -0.39 is 10.3 Å². The number of nitro benzene ring substituents is 1. The molecule has 14 heteroatoms. The van der Waals surface area contributed by atoms with Gasteiger partial charge in [-0.25, -0.2) is 4.98 Å². The third-order valence-electron chi connectivity index (χ3n) is 6.21. The first-order chi connectivity index (χ1) is 20.4. The number of benzene rings is 4. The number of nitrogens with zero attached hydrogens (tertiary/aromatic N) is 7. The molecule has 1 fully saturated rings. The minimum Gasteiger partial charge on any atom is -0.508 e. The summed E-state index contributed by atoms with van der Waals surface area (Å²) in [5, 5.41) is 48.9. The molecule has 0 bridgehead atoms. The normalized spacial score (nSPS) is 15.4. The maximum absolute atomic E-state index is 13.2. The molecule has 0 saturated carbocycles. The summed E-state index contributed by atoms with van der Waals surface area (Å²) in [7, 11) is 0. The summed E-state index contributed by atoms with van der Waals surface area (Å²) < 4.78 is 0.985. The Kier molecular flexibility index (Phi) is 7.29. The van der Waals surface area contributed by atoms with E-state index in [1.807, 2.05) is 24.3 Å². The molecule has 1 unspecified atom stereocenters. The summed E-state index contributed by atoms with van der Waals surface area (Å²) in [6.45, 7) is 0. The second-order valence-corrected chi connectivity index (χ2v) is 11.1. The summed E-state index contributed by atoms with van der Waals surface area (Å²) in [5.74, 6) is -0.321. The van der Waals surface area contributed by atoms with Crippen molar-refractivity contribution in [2.24, 2.45) is 20.5 Å². The van der Waals surface area contributed by atoms with Gasteiger partial charge in [0, 0.05) is 23.8 Å². The summed E-state index contributed by atoms with van der Waals surface area (Å²) >= 11 is 2.69. The maximum Gasteiger partial charge on any atom is 0.271 e. The fraction of sp³-hybridized carbons (Fsp3) is 0.0714. The van der Waals surface area contributed by atoms with E-state index in [-0.39, 0.29) is 45.9 Å². The second kappa shape index (κ2) is 11.3. The van der Waals surface area contributed by atoms with Gasteiger partial charge < -0.3 is 10.2 Å². The van der Waals surface area contributed by atoms with Gasteiger partial charge in [-0.2, -0.15) is 5.11 Å². The summed E-state index contributed by atoms with van der Waals surface area (Å²) in [6.07, 6.45) is 0. The lowest BCUT2D eigenvalue weighted by Crippen LogP contribution is -2.27. The highest BCUT2D eigenvalue weighted by molar-refractivity contribution is 8.00. The van der Waals surface area contributed by atoms with E-state index in [0.717, 1.165) is 10.2 Å². The average molecular weight is 598 g/mol. The van der Waals surface area contributed by atoms with Crippen LogP contribution in [-0.2, 0) is 4.79 Å². The van der Waals surface area contributed by atoms with Crippen LogP contribution in [0.3, 0.4) is 0 Å². The average Bonchev–Trinajstić information content (AvgIpc) is 3.59. The zero-order valence-corrected chi connectivity index (χ0v) is 23.1. The van der Waals surface area contributed by atoms with Crippen molar-refractivity contribution in [3.05, 3.63) is 101 Å². The molecule has 1 aromatic heterocycles. The molecule has 1 atom stereocenters. The standard InChI is InChI=1S/C28H19N7O5S2/c36-19-9-10-21(32-30-16-4-3-5-18(12-16)35(39)40)23(14-19)34-26(38)15-41-27(34)20-13-17(8-11-24(20)37)31-33-28-29-22-6-1-2-7-25(22)42-28/h1-14,27,36-37H,15H2. The van der Waals surface area contributed by atoms with Crippen LogP contribution in [0.15, 0.2) is 105 Å². The highest BCUT2D eigenvalue weighted by Crippen LogP contribution is 2.49. The molecule has 5 aromatic rings. The molecule has 4 aromatic carbocycles. The maximum atomic E-state index is 13.2. The van der Waals surface area contributed by atoms with Crippen LogP contribution in [0.25, 0.3) is 10.2 Å². The number of fused-ring (bicyclic) bond motifs is 1. The number of hydrogen-bond donors (Lipinski definition) is 2. The number of rotatable bonds is 7. The monoisotopic (exact) mass is 597 g/mol. The third kappa shape index (κ3) is 5.53. The molecule has 1 saturated heterocycles. The highest BCUT2D eigenvalue weighted by Gasteiger charge is 2.37. The van der Waals surface area contributed by atoms with Crippen molar-refractivity contribution in [2.75, 3.05) is 10.7 Å². The first-order valence-corrected chi connectivity index (χ1v) is 14.3. The zero-order valence-electron chi connectivity index (χ0n) is 21.4. The lowest BCUT2D eigenvalue weighted by Gasteiger charge is -2.26. The number of nitro groups is 1. The Hall–Kier alpha value is -5.21. The Morgan fingerprint density at radius 1 is 0.905 bits per heavy atom. The minimum absolute atomic E-state index is 0.0499. The number of para-hydroxylation sites is 1. The lowest BCUT2D eigenvalue weighted by atomic mass is 10.1. The number of aromatic hydroxyl groups is 2. The van der Waals surface area contributed by atoms with Gasteiger partial charge in [-0.1, -0.05) is 29.5 Å². The Morgan fingerprint density at radius 2 is 1.71 bits per heavy atom. The summed E-state index contributed by atoms with van der Waals surface area (Å²) in [6, 6.07) is 22.3. The number of azo groups is 2.